The minimum atomic E-state index is -6.21. The predicted octanol–water partition coefficient (Wildman–Crippen LogP) is 2.18. The monoisotopic (exact) mass is 268 g/mol. The van der Waals surface area contributed by atoms with E-state index in [1.54, 1.807) is 0 Å². The van der Waals surface area contributed by atoms with E-state index in [1.807, 2.05) is 0 Å². The maximum absolute atomic E-state index is 12.2. The average molecular weight is 268 g/mol. The molecule has 0 saturated heterocycles. The van der Waals surface area contributed by atoms with Crippen molar-refractivity contribution in [1.29, 1.82) is 0 Å². The Hall–Kier alpha value is -0.990. The fourth-order valence-corrected chi connectivity index (χ4v) is 0.744. The zero-order valence-corrected chi connectivity index (χ0v) is 9.03. The van der Waals surface area contributed by atoms with E-state index in [2.05, 4.69) is 4.74 Å². The maximum Gasteiger partial charge on any atom is 0.437 e. The summed E-state index contributed by atoms with van der Waals surface area (Å²) in [7, 11) is 0. The third kappa shape index (κ3) is 3.24. The third-order valence-corrected chi connectivity index (χ3v) is 1.51. The standard InChI is InChI=1S/C8H10F6O3/c1-5(2,3)17-4(15)6(16,7(9,10)11)8(12,13)14/h16H,1-3H3. The van der Waals surface area contributed by atoms with Crippen molar-refractivity contribution in [3.05, 3.63) is 0 Å². The third-order valence-electron chi connectivity index (χ3n) is 1.51. The normalized spacial score (nSPS) is 14.7. The molecule has 0 aromatic rings. The molecule has 0 aliphatic carbocycles. The van der Waals surface area contributed by atoms with Gasteiger partial charge in [-0.25, -0.2) is 4.79 Å². The molecule has 0 bridgehead atoms. The molecule has 0 unspecified atom stereocenters. The summed E-state index contributed by atoms with van der Waals surface area (Å²) < 4.78 is 76.9. The van der Waals surface area contributed by atoms with E-state index in [4.69, 9.17) is 5.11 Å². The summed E-state index contributed by atoms with van der Waals surface area (Å²) >= 11 is 0. The van der Waals surface area contributed by atoms with Gasteiger partial charge in [0.05, 0.1) is 0 Å². The van der Waals surface area contributed by atoms with Crippen molar-refractivity contribution in [3.63, 3.8) is 0 Å². The molecule has 0 saturated carbocycles. The van der Waals surface area contributed by atoms with Gasteiger partial charge < -0.3 is 9.84 Å². The molecule has 102 valence electrons. The number of hydrogen-bond acceptors (Lipinski definition) is 3. The molecule has 0 fully saturated rings. The Balaban J connectivity index is 5.46. The Kier molecular flexibility index (Phi) is 3.80. The second kappa shape index (κ2) is 4.04. The minimum absolute atomic E-state index is 1.07. The topological polar surface area (TPSA) is 46.5 Å². The number of carbonyl (C=O) groups excluding carboxylic acids is 1. The first kappa shape index (κ1) is 16.0. The number of carbonyl (C=O) groups is 1. The molecule has 0 aliphatic heterocycles. The number of esters is 1. The van der Waals surface area contributed by atoms with Crippen molar-refractivity contribution in [2.24, 2.45) is 0 Å². The van der Waals surface area contributed by atoms with Crippen LogP contribution in [-0.4, -0.2) is 34.6 Å². The van der Waals surface area contributed by atoms with Crippen LogP contribution in [-0.2, 0) is 9.53 Å². The van der Waals surface area contributed by atoms with Crippen molar-refractivity contribution in [2.75, 3.05) is 0 Å². The number of halogens is 6. The molecule has 0 aliphatic rings. The van der Waals surface area contributed by atoms with Gasteiger partial charge in [0, 0.05) is 0 Å². The van der Waals surface area contributed by atoms with E-state index in [1.165, 1.54) is 0 Å². The van der Waals surface area contributed by atoms with Crippen LogP contribution in [0.4, 0.5) is 26.3 Å². The van der Waals surface area contributed by atoms with Crippen molar-refractivity contribution >= 4 is 5.97 Å². The predicted molar refractivity (Wildman–Crippen MR) is 42.9 cm³/mol. The van der Waals surface area contributed by atoms with Gasteiger partial charge in [-0.1, -0.05) is 0 Å². The molecule has 0 rings (SSSR count). The van der Waals surface area contributed by atoms with Crippen LogP contribution < -0.4 is 0 Å². The Morgan fingerprint density at radius 3 is 1.41 bits per heavy atom. The Morgan fingerprint density at radius 1 is 0.941 bits per heavy atom. The SMILES string of the molecule is CC(C)(C)OC(=O)C(O)(C(F)(F)F)C(F)(F)F. The fraction of sp³-hybridized carbons (Fsp3) is 0.875. The number of hydrogen-bond donors (Lipinski definition) is 1. The van der Waals surface area contributed by atoms with Crippen LogP contribution in [0.2, 0.25) is 0 Å². The van der Waals surface area contributed by atoms with Crippen molar-refractivity contribution in [1.82, 2.24) is 0 Å². The molecule has 0 atom stereocenters. The lowest BCUT2D eigenvalue weighted by Gasteiger charge is -2.32. The van der Waals surface area contributed by atoms with Crippen LogP contribution in [0.25, 0.3) is 0 Å². The van der Waals surface area contributed by atoms with Crippen LogP contribution in [0.5, 0.6) is 0 Å². The zero-order valence-electron chi connectivity index (χ0n) is 9.03. The second-order valence-corrected chi connectivity index (χ2v) is 4.21. The molecule has 9 heteroatoms. The number of aliphatic hydroxyl groups is 1. The molecule has 0 aromatic heterocycles. The molecule has 0 radical (unpaired) electrons. The number of rotatable bonds is 1. The van der Waals surface area contributed by atoms with Gasteiger partial charge in [0.2, 0.25) is 0 Å². The van der Waals surface area contributed by atoms with Crippen LogP contribution >= 0.6 is 0 Å². The summed E-state index contributed by atoms with van der Waals surface area (Å²) in [4.78, 5) is 10.9. The lowest BCUT2D eigenvalue weighted by molar-refractivity contribution is -0.358. The highest BCUT2D eigenvalue weighted by Crippen LogP contribution is 2.44. The van der Waals surface area contributed by atoms with E-state index < -0.39 is 29.5 Å². The lowest BCUT2D eigenvalue weighted by Crippen LogP contribution is -2.63. The smallest absolute Gasteiger partial charge is 0.437 e. The van der Waals surface area contributed by atoms with Gasteiger partial charge in [-0.05, 0) is 20.8 Å². The van der Waals surface area contributed by atoms with Gasteiger partial charge in [0.1, 0.15) is 5.60 Å². The molecule has 0 aromatic carbocycles. The Bertz CT molecular complexity index is 284. The molecule has 3 nitrogen and oxygen atoms in total. The highest BCUT2D eigenvalue weighted by atomic mass is 19.4. The fourth-order valence-electron chi connectivity index (χ4n) is 0.744. The van der Waals surface area contributed by atoms with E-state index >= 15 is 0 Å². The van der Waals surface area contributed by atoms with Gasteiger partial charge >= 0.3 is 23.9 Å². The Morgan fingerprint density at radius 2 is 1.24 bits per heavy atom. The molecule has 0 amide bonds. The van der Waals surface area contributed by atoms with E-state index in [0.717, 1.165) is 20.8 Å². The highest BCUT2D eigenvalue weighted by Gasteiger charge is 2.77. The summed E-state index contributed by atoms with van der Waals surface area (Å²) in [6, 6.07) is 0. The lowest BCUT2D eigenvalue weighted by atomic mass is 10.0. The summed E-state index contributed by atoms with van der Waals surface area (Å²) in [6.07, 6.45) is -12.4. The zero-order chi connectivity index (χ0) is 14.3. The van der Waals surface area contributed by atoms with E-state index in [-0.39, 0.29) is 0 Å². The van der Waals surface area contributed by atoms with Crippen molar-refractivity contribution in [2.45, 2.75) is 44.3 Å². The highest BCUT2D eigenvalue weighted by molar-refractivity contribution is 5.82. The van der Waals surface area contributed by atoms with Crippen LogP contribution in [0.3, 0.4) is 0 Å². The van der Waals surface area contributed by atoms with Crippen molar-refractivity contribution in [3.8, 4) is 0 Å². The van der Waals surface area contributed by atoms with E-state index in [9.17, 15) is 31.1 Å². The molecule has 0 heterocycles. The first-order valence-corrected chi connectivity index (χ1v) is 4.22. The molecule has 0 spiro atoms. The van der Waals surface area contributed by atoms with Gasteiger partial charge in [-0.15, -0.1) is 0 Å². The van der Waals surface area contributed by atoms with Gasteiger partial charge in [-0.2, -0.15) is 26.3 Å². The number of alkyl halides is 6. The van der Waals surface area contributed by atoms with Gasteiger partial charge in [0.15, 0.2) is 0 Å². The quantitative estimate of drug-likeness (QED) is 0.585. The summed E-state index contributed by atoms with van der Waals surface area (Å²) in [5, 5.41) is 8.59. The summed E-state index contributed by atoms with van der Waals surface area (Å²) in [5.74, 6) is -2.80. The van der Waals surface area contributed by atoms with Crippen LogP contribution in [0.1, 0.15) is 20.8 Å². The first-order chi connectivity index (χ1) is 7.13. The largest absolute Gasteiger partial charge is 0.457 e. The molecule has 1 N–H and O–H groups in total. The van der Waals surface area contributed by atoms with E-state index in [0.29, 0.717) is 0 Å². The Labute approximate surface area is 92.4 Å². The second-order valence-electron chi connectivity index (χ2n) is 4.21. The first-order valence-electron chi connectivity index (χ1n) is 4.22. The molecular formula is C8H10F6O3. The molecule has 17 heavy (non-hydrogen) atoms. The maximum atomic E-state index is 12.2. The summed E-state index contributed by atoms with van der Waals surface area (Å²) in [6.45, 7) is 3.20. The molecular weight excluding hydrogens is 258 g/mol. The van der Waals surface area contributed by atoms with Crippen molar-refractivity contribution < 1.29 is 41.0 Å². The summed E-state index contributed by atoms with van der Waals surface area (Å²) in [5.41, 5.74) is -7.12. The van der Waals surface area contributed by atoms with Crippen LogP contribution in [0.15, 0.2) is 0 Å². The van der Waals surface area contributed by atoms with Gasteiger partial charge in [-0.3, -0.25) is 0 Å². The van der Waals surface area contributed by atoms with Gasteiger partial charge in [0.25, 0.3) is 0 Å². The minimum Gasteiger partial charge on any atom is -0.457 e. The van der Waals surface area contributed by atoms with Crippen LogP contribution in [0, 0.1) is 0 Å². The average Bonchev–Trinajstić information content (AvgIpc) is 1.94. The number of ether oxygens (including phenoxy) is 1.